The second-order valence-electron chi connectivity index (χ2n) is 4.65. The molecule has 1 heterocycles. The summed E-state index contributed by atoms with van der Waals surface area (Å²) in [7, 11) is 1.64. The molecule has 1 N–H and O–H groups in total. The maximum Gasteiger partial charge on any atom is 0.125 e. The Morgan fingerprint density at radius 3 is 2.55 bits per heavy atom. The topological polar surface area (TPSA) is 38.7 Å². The zero-order chi connectivity index (χ0) is 14.5. The largest absolute Gasteiger partial charge is 0.491 e. The SMILES string of the molecule is COCCOc1ccccc1C(O)c1cc(C)sc1C. The molecule has 0 amide bonds. The van der Waals surface area contributed by atoms with Crippen LogP contribution < -0.4 is 4.74 Å². The first kappa shape index (κ1) is 15.0. The van der Waals surface area contributed by atoms with E-state index in [4.69, 9.17) is 9.47 Å². The van der Waals surface area contributed by atoms with Crippen LogP contribution in [0.3, 0.4) is 0 Å². The third-order valence-corrected chi connectivity index (χ3v) is 4.11. The summed E-state index contributed by atoms with van der Waals surface area (Å²) in [6.45, 7) is 5.09. The van der Waals surface area contributed by atoms with Gasteiger partial charge in [0.15, 0.2) is 0 Å². The van der Waals surface area contributed by atoms with E-state index in [1.807, 2.05) is 37.3 Å². The Kier molecular flexibility index (Phi) is 5.17. The van der Waals surface area contributed by atoms with Gasteiger partial charge < -0.3 is 14.6 Å². The zero-order valence-corrected chi connectivity index (χ0v) is 12.9. The fourth-order valence-corrected chi connectivity index (χ4v) is 3.12. The minimum Gasteiger partial charge on any atom is -0.491 e. The van der Waals surface area contributed by atoms with E-state index in [0.29, 0.717) is 19.0 Å². The Balaban J connectivity index is 2.25. The first-order chi connectivity index (χ1) is 9.63. The first-order valence-electron chi connectivity index (χ1n) is 6.59. The van der Waals surface area contributed by atoms with Gasteiger partial charge in [-0.15, -0.1) is 11.3 Å². The molecule has 2 aromatic rings. The van der Waals surface area contributed by atoms with Crippen molar-refractivity contribution in [2.45, 2.75) is 20.0 Å². The van der Waals surface area contributed by atoms with Crippen LogP contribution in [0.2, 0.25) is 0 Å². The van der Waals surface area contributed by atoms with Crippen LogP contribution in [0.15, 0.2) is 30.3 Å². The number of aryl methyl sites for hydroxylation is 2. The van der Waals surface area contributed by atoms with Crippen LogP contribution in [0.5, 0.6) is 5.75 Å². The lowest BCUT2D eigenvalue weighted by Crippen LogP contribution is -2.08. The monoisotopic (exact) mass is 292 g/mol. The van der Waals surface area contributed by atoms with Gasteiger partial charge in [-0.1, -0.05) is 18.2 Å². The standard InChI is InChI=1S/C16H20O3S/c1-11-10-14(12(2)20-11)16(17)13-6-4-5-7-15(13)19-9-8-18-3/h4-7,10,16-17H,8-9H2,1-3H3. The first-order valence-corrected chi connectivity index (χ1v) is 7.40. The molecule has 0 saturated heterocycles. The second-order valence-corrected chi connectivity index (χ2v) is 6.11. The molecule has 0 fully saturated rings. The number of hydrogen-bond acceptors (Lipinski definition) is 4. The number of thiophene rings is 1. The van der Waals surface area contributed by atoms with Crippen molar-refractivity contribution in [3.05, 3.63) is 51.2 Å². The summed E-state index contributed by atoms with van der Waals surface area (Å²) in [5.41, 5.74) is 1.75. The van der Waals surface area contributed by atoms with Crippen LogP contribution in [-0.2, 0) is 4.74 Å². The summed E-state index contributed by atoms with van der Waals surface area (Å²) >= 11 is 1.70. The lowest BCUT2D eigenvalue weighted by Gasteiger charge is -2.16. The molecule has 1 unspecified atom stereocenters. The van der Waals surface area contributed by atoms with Gasteiger partial charge in [0.25, 0.3) is 0 Å². The number of rotatable bonds is 6. The van der Waals surface area contributed by atoms with Crippen molar-refractivity contribution in [1.82, 2.24) is 0 Å². The Labute approximate surface area is 123 Å². The molecule has 0 saturated carbocycles. The highest BCUT2D eigenvalue weighted by atomic mass is 32.1. The molecule has 0 aliphatic rings. The molecular formula is C16H20O3S. The van der Waals surface area contributed by atoms with E-state index >= 15 is 0 Å². The lowest BCUT2D eigenvalue weighted by molar-refractivity contribution is 0.142. The molecule has 0 bridgehead atoms. The maximum atomic E-state index is 10.6. The van der Waals surface area contributed by atoms with Crippen LogP contribution in [0.4, 0.5) is 0 Å². The van der Waals surface area contributed by atoms with Crippen molar-refractivity contribution in [1.29, 1.82) is 0 Å². The van der Waals surface area contributed by atoms with Crippen LogP contribution in [-0.4, -0.2) is 25.4 Å². The number of aliphatic hydroxyl groups excluding tert-OH is 1. The number of para-hydroxylation sites is 1. The van der Waals surface area contributed by atoms with Crippen molar-refractivity contribution in [3.63, 3.8) is 0 Å². The number of hydrogen-bond donors (Lipinski definition) is 1. The molecule has 0 aliphatic heterocycles. The molecular weight excluding hydrogens is 272 g/mol. The fraction of sp³-hybridized carbons (Fsp3) is 0.375. The molecule has 0 spiro atoms. The van der Waals surface area contributed by atoms with Crippen molar-refractivity contribution in [2.24, 2.45) is 0 Å². The van der Waals surface area contributed by atoms with Gasteiger partial charge in [-0.3, -0.25) is 0 Å². The predicted octanol–water partition coefficient (Wildman–Crippen LogP) is 3.47. The molecule has 3 nitrogen and oxygen atoms in total. The lowest BCUT2D eigenvalue weighted by atomic mass is 10.0. The maximum absolute atomic E-state index is 10.6. The molecule has 1 aromatic heterocycles. The van der Waals surface area contributed by atoms with Gasteiger partial charge in [0.1, 0.15) is 18.5 Å². The summed E-state index contributed by atoms with van der Waals surface area (Å²) in [4.78, 5) is 2.34. The van der Waals surface area contributed by atoms with Gasteiger partial charge in [-0.25, -0.2) is 0 Å². The number of aliphatic hydroxyl groups is 1. The third kappa shape index (κ3) is 3.39. The second kappa shape index (κ2) is 6.88. The zero-order valence-electron chi connectivity index (χ0n) is 12.1. The molecule has 0 radical (unpaired) electrons. The smallest absolute Gasteiger partial charge is 0.125 e. The average Bonchev–Trinajstić information content (AvgIpc) is 2.78. The van der Waals surface area contributed by atoms with Crippen molar-refractivity contribution < 1.29 is 14.6 Å². The Hall–Kier alpha value is -1.36. The van der Waals surface area contributed by atoms with Gasteiger partial charge in [0, 0.05) is 22.4 Å². The normalized spacial score (nSPS) is 12.4. The van der Waals surface area contributed by atoms with Gasteiger partial charge >= 0.3 is 0 Å². The third-order valence-electron chi connectivity index (χ3n) is 3.13. The van der Waals surface area contributed by atoms with Gasteiger partial charge in [0.2, 0.25) is 0 Å². The highest BCUT2D eigenvalue weighted by Gasteiger charge is 2.18. The quantitative estimate of drug-likeness (QED) is 0.829. The van der Waals surface area contributed by atoms with Crippen LogP contribution >= 0.6 is 11.3 Å². The molecule has 0 aliphatic carbocycles. The highest BCUT2D eigenvalue weighted by Crippen LogP contribution is 2.34. The average molecular weight is 292 g/mol. The number of methoxy groups -OCH3 is 1. The van der Waals surface area contributed by atoms with E-state index in [2.05, 4.69) is 6.92 Å². The van der Waals surface area contributed by atoms with Crippen molar-refractivity contribution >= 4 is 11.3 Å². The van der Waals surface area contributed by atoms with E-state index in [-0.39, 0.29) is 0 Å². The minimum atomic E-state index is -0.654. The van der Waals surface area contributed by atoms with E-state index in [9.17, 15) is 5.11 Å². The van der Waals surface area contributed by atoms with Crippen molar-refractivity contribution in [3.8, 4) is 5.75 Å². The van der Waals surface area contributed by atoms with Crippen molar-refractivity contribution in [2.75, 3.05) is 20.3 Å². The molecule has 4 heteroatoms. The summed E-state index contributed by atoms with van der Waals surface area (Å²) in [6, 6.07) is 9.64. The summed E-state index contributed by atoms with van der Waals surface area (Å²) in [6.07, 6.45) is -0.654. The van der Waals surface area contributed by atoms with Crippen LogP contribution in [0.25, 0.3) is 0 Å². The molecule has 2 rings (SSSR count). The Morgan fingerprint density at radius 2 is 1.90 bits per heavy atom. The van der Waals surface area contributed by atoms with Crippen LogP contribution in [0, 0.1) is 13.8 Å². The summed E-state index contributed by atoms with van der Waals surface area (Å²) < 4.78 is 10.7. The predicted molar refractivity (Wildman–Crippen MR) is 81.7 cm³/mol. The fourth-order valence-electron chi connectivity index (χ4n) is 2.16. The number of benzene rings is 1. The minimum absolute atomic E-state index is 0.474. The van der Waals surface area contributed by atoms with E-state index in [1.165, 1.54) is 4.88 Å². The van der Waals surface area contributed by atoms with Gasteiger partial charge in [-0.05, 0) is 31.5 Å². The highest BCUT2D eigenvalue weighted by molar-refractivity contribution is 7.12. The molecule has 1 atom stereocenters. The van der Waals surface area contributed by atoms with Crippen LogP contribution in [0.1, 0.15) is 27.0 Å². The molecule has 108 valence electrons. The molecule has 1 aromatic carbocycles. The van der Waals surface area contributed by atoms with E-state index in [1.54, 1.807) is 18.4 Å². The van der Waals surface area contributed by atoms with Gasteiger partial charge in [-0.2, -0.15) is 0 Å². The van der Waals surface area contributed by atoms with E-state index in [0.717, 1.165) is 16.0 Å². The summed E-state index contributed by atoms with van der Waals surface area (Å²) in [5, 5.41) is 10.6. The Bertz CT molecular complexity index is 563. The number of ether oxygens (including phenoxy) is 2. The Morgan fingerprint density at radius 1 is 1.15 bits per heavy atom. The molecule has 20 heavy (non-hydrogen) atoms. The summed E-state index contributed by atoms with van der Waals surface area (Å²) in [5.74, 6) is 0.709. The van der Waals surface area contributed by atoms with Gasteiger partial charge in [0.05, 0.1) is 6.61 Å². The van der Waals surface area contributed by atoms with E-state index < -0.39 is 6.10 Å².